The summed E-state index contributed by atoms with van der Waals surface area (Å²) >= 11 is 0. The molecule has 1 heterocycles. The molecule has 1 amide bonds. The molecular formula is C23H29N3O4. The second-order valence-electron chi connectivity index (χ2n) is 7.36. The summed E-state index contributed by atoms with van der Waals surface area (Å²) in [6.07, 6.45) is 1.14. The van der Waals surface area contributed by atoms with E-state index in [4.69, 9.17) is 4.74 Å². The highest BCUT2D eigenvalue weighted by atomic mass is 16.5. The Bertz CT molecular complexity index is 843. The topological polar surface area (TPSA) is 90.9 Å². The van der Waals surface area contributed by atoms with Gasteiger partial charge in [0.05, 0.1) is 12.6 Å². The molecule has 3 N–H and O–H groups in total. The molecule has 0 radical (unpaired) electrons. The highest BCUT2D eigenvalue weighted by molar-refractivity contribution is 5.94. The quantitative estimate of drug-likeness (QED) is 0.378. The van der Waals surface area contributed by atoms with Crippen LogP contribution in [-0.2, 0) is 17.8 Å². The molecule has 2 aromatic carbocycles. The number of benzene rings is 2. The Hall–Kier alpha value is -2.74. The minimum Gasteiger partial charge on any atom is -0.492 e. The third-order valence-electron chi connectivity index (χ3n) is 5.05. The Morgan fingerprint density at radius 1 is 1.20 bits per heavy atom. The highest BCUT2D eigenvalue weighted by Crippen LogP contribution is 2.18. The Morgan fingerprint density at radius 2 is 2.03 bits per heavy atom. The summed E-state index contributed by atoms with van der Waals surface area (Å²) in [5.74, 6) is 0.339. The maximum absolute atomic E-state index is 12.4. The molecule has 7 heteroatoms. The molecule has 0 saturated carbocycles. The van der Waals surface area contributed by atoms with Gasteiger partial charge in [-0.1, -0.05) is 30.3 Å². The van der Waals surface area contributed by atoms with E-state index in [0.29, 0.717) is 31.0 Å². The van der Waals surface area contributed by atoms with Crippen LogP contribution in [0.15, 0.2) is 48.5 Å². The van der Waals surface area contributed by atoms with Crippen LogP contribution in [0, 0.1) is 0 Å². The van der Waals surface area contributed by atoms with Crippen LogP contribution in [0.3, 0.4) is 0 Å². The number of ether oxygens (including phenoxy) is 1. The van der Waals surface area contributed by atoms with E-state index in [-0.39, 0.29) is 19.0 Å². The number of aldehydes is 1. The van der Waals surface area contributed by atoms with E-state index < -0.39 is 6.10 Å². The minimum atomic E-state index is -0.637. The maximum Gasteiger partial charge on any atom is 0.251 e. The van der Waals surface area contributed by atoms with Crippen molar-refractivity contribution in [3.05, 3.63) is 65.2 Å². The van der Waals surface area contributed by atoms with Crippen molar-refractivity contribution in [3.8, 4) is 5.75 Å². The highest BCUT2D eigenvalue weighted by Gasteiger charge is 2.19. The van der Waals surface area contributed by atoms with Crippen molar-refractivity contribution in [2.45, 2.75) is 19.1 Å². The summed E-state index contributed by atoms with van der Waals surface area (Å²) in [6.45, 7) is 3.67. The van der Waals surface area contributed by atoms with E-state index in [0.717, 1.165) is 25.8 Å². The third-order valence-corrected chi connectivity index (χ3v) is 5.05. The van der Waals surface area contributed by atoms with E-state index >= 15 is 0 Å². The van der Waals surface area contributed by atoms with Crippen LogP contribution in [-0.4, -0.2) is 67.6 Å². The number of nitrogens with zero attached hydrogens (tertiary/aromatic N) is 1. The molecule has 2 aromatic rings. The van der Waals surface area contributed by atoms with E-state index in [2.05, 4.69) is 33.7 Å². The average molecular weight is 412 g/mol. The minimum absolute atomic E-state index is 0.192. The molecular weight excluding hydrogens is 382 g/mol. The first-order valence-electron chi connectivity index (χ1n) is 10.3. The molecule has 1 aliphatic heterocycles. The van der Waals surface area contributed by atoms with Crippen molar-refractivity contribution in [1.82, 2.24) is 15.5 Å². The zero-order valence-corrected chi connectivity index (χ0v) is 17.0. The van der Waals surface area contributed by atoms with Gasteiger partial charge in [-0.25, -0.2) is 0 Å². The summed E-state index contributed by atoms with van der Waals surface area (Å²) in [7, 11) is 0. The summed E-state index contributed by atoms with van der Waals surface area (Å²) in [5.41, 5.74) is 3.16. The van der Waals surface area contributed by atoms with Gasteiger partial charge in [0.15, 0.2) is 0 Å². The number of carbonyl (C=O) groups is 2. The number of rotatable bonds is 11. The predicted octanol–water partition coefficient (Wildman–Crippen LogP) is 1.00. The maximum atomic E-state index is 12.4. The second kappa shape index (κ2) is 11.4. The van der Waals surface area contributed by atoms with Crippen molar-refractivity contribution in [3.63, 3.8) is 0 Å². The Kier molecular flexibility index (Phi) is 8.38. The van der Waals surface area contributed by atoms with Crippen LogP contribution >= 0.6 is 0 Å². The summed E-state index contributed by atoms with van der Waals surface area (Å²) in [4.78, 5) is 24.9. The van der Waals surface area contributed by atoms with Crippen LogP contribution in [0.5, 0.6) is 5.75 Å². The van der Waals surface area contributed by atoms with Gasteiger partial charge in [0.25, 0.3) is 5.91 Å². The largest absolute Gasteiger partial charge is 0.492 e. The molecule has 160 valence electrons. The van der Waals surface area contributed by atoms with E-state index in [1.807, 2.05) is 6.07 Å². The van der Waals surface area contributed by atoms with Gasteiger partial charge in [0, 0.05) is 38.3 Å². The number of hydrogen-bond donors (Lipinski definition) is 3. The van der Waals surface area contributed by atoms with Crippen molar-refractivity contribution >= 4 is 12.2 Å². The van der Waals surface area contributed by atoms with Crippen molar-refractivity contribution in [1.29, 1.82) is 0 Å². The number of amides is 1. The lowest BCUT2D eigenvalue weighted by Gasteiger charge is -2.30. The Balaban J connectivity index is 1.41. The summed E-state index contributed by atoms with van der Waals surface area (Å²) in [5, 5.41) is 16.1. The summed E-state index contributed by atoms with van der Waals surface area (Å²) in [6, 6.07) is 15.3. The van der Waals surface area contributed by atoms with Crippen molar-refractivity contribution < 1.29 is 19.4 Å². The van der Waals surface area contributed by atoms with Gasteiger partial charge in [-0.15, -0.1) is 0 Å². The second-order valence-corrected chi connectivity index (χ2v) is 7.36. The normalized spacial score (nSPS) is 14.6. The number of fused-ring (bicyclic) bond motifs is 1. The number of carbonyl (C=O) groups excluding carboxylic acids is 2. The fraction of sp³-hybridized carbons (Fsp3) is 0.391. The lowest BCUT2D eigenvalue weighted by molar-refractivity contribution is -0.107. The molecule has 1 aliphatic rings. The molecule has 0 bridgehead atoms. The van der Waals surface area contributed by atoms with Gasteiger partial charge in [-0.2, -0.15) is 0 Å². The van der Waals surface area contributed by atoms with Gasteiger partial charge in [0.1, 0.15) is 18.6 Å². The molecule has 0 aliphatic carbocycles. The number of aliphatic hydroxyl groups is 1. The van der Waals surface area contributed by atoms with Crippen LogP contribution in [0.4, 0.5) is 0 Å². The molecule has 1 unspecified atom stereocenters. The lowest BCUT2D eigenvalue weighted by Crippen LogP contribution is -2.42. The number of β-amino-alcohol motifs (C(OH)–C–C–N with tert-alkyl or cyclic N) is 1. The smallest absolute Gasteiger partial charge is 0.251 e. The molecule has 30 heavy (non-hydrogen) atoms. The fourth-order valence-electron chi connectivity index (χ4n) is 3.51. The van der Waals surface area contributed by atoms with Crippen molar-refractivity contribution in [2.24, 2.45) is 0 Å². The van der Waals surface area contributed by atoms with Crippen LogP contribution in [0.25, 0.3) is 0 Å². The molecule has 0 aromatic heterocycles. The molecule has 1 atom stereocenters. The van der Waals surface area contributed by atoms with E-state index in [9.17, 15) is 14.7 Å². The van der Waals surface area contributed by atoms with Gasteiger partial charge >= 0.3 is 0 Å². The van der Waals surface area contributed by atoms with Gasteiger partial charge < -0.3 is 25.3 Å². The Labute approximate surface area is 177 Å². The summed E-state index contributed by atoms with van der Waals surface area (Å²) < 4.78 is 5.58. The Morgan fingerprint density at radius 3 is 2.87 bits per heavy atom. The predicted molar refractivity (Wildman–Crippen MR) is 115 cm³/mol. The molecule has 0 spiro atoms. The van der Waals surface area contributed by atoms with Crippen LogP contribution in [0.1, 0.15) is 21.5 Å². The van der Waals surface area contributed by atoms with Gasteiger partial charge in [-0.05, 0) is 35.7 Å². The van der Waals surface area contributed by atoms with Crippen molar-refractivity contribution in [2.75, 3.05) is 39.3 Å². The first-order valence-corrected chi connectivity index (χ1v) is 10.3. The van der Waals surface area contributed by atoms with Crippen LogP contribution < -0.4 is 15.4 Å². The number of aliphatic hydroxyl groups excluding tert-OH is 1. The molecule has 0 fully saturated rings. The average Bonchev–Trinajstić information content (AvgIpc) is 2.77. The zero-order valence-electron chi connectivity index (χ0n) is 17.0. The van der Waals surface area contributed by atoms with E-state index in [1.54, 1.807) is 24.3 Å². The first kappa shape index (κ1) is 22.0. The van der Waals surface area contributed by atoms with Gasteiger partial charge in [0.2, 0.25) is 0 Å². The SMILES string of the molecule is O=CCNCCOc1cccc(C(=O)NCC(O)CN2CCc3ccccc3C2)c1. The molecule has 3 rings (SSSR count). The van der Waals surface area contributed by atoms with Crippen LogP contribution in [0.2, 0.25) is 0 Å². The van der Waals surface area contributed by atoms with E-state index in [1.165, 1.54) is 11.1 Å². The molecule has 7 nitrogen and oxygen atoms in total. The monoisotopic (exact) mass is 411 g/mol. The zero-order chi connectivity index (χ0) is 21.2. The lowest BCUT2D eigenvalue weighted by atomic mass is 10.00. The molecule has 0 saturated heterocycles. The number of hydrogen-bond acceptors (Lipinski definition) is 6. The standard InChI is InChI=1S/C23H29N3O4/c27-12-9-24-10-13-30-22-7-3-6-19(14-22)23(29)25-15-21(28)17-26-11-8-18-4-1-2-5-20(18)16-26/h1-7,12,14,21,24,28H,8-11,13,15-17H2,(H,25,29). The fourth-order valence-corrected chi connectivity index (χ4v) is 3.51. The third kappa shape index (κ3) is 6.66. The first-order chi connectivity index (χ1) is 14.7. The van der Waals surface area contributed by atoms with Gasteiger partial charge in [-0.3, -0.25) is 9.69 Å². The number of nitrogens with one attached hydrogen (secondary N) is 2.